The SMILES string of the molecule is CC(C)N(CCO)C(=O)NCC1CCC(C(=O)O)CC1. The van der Waals surface area contributed by atoms with Gasteiger partial charge in [0.25, 0.3) is 0 Å². The second-order valence-electron chi connectivity index (χ2n) is 5.75. The topological polar surface area (TPSA) is 89.9 Å². The van der Waals surface area contributed by atoms with Crippen LogP contribution < -0.4 is 5.32 Å². The number of hydrogen-bond acceptors (Lipinski definition) is 3. The summed E-state index contributed by atoms with van der Waals surface area (Å²) in [6.07, 6.45) is 3.08. The molecule has 0 heterocycles. The third-order valence-electron chi connectivity index (χ3n) is 3.96. The van der Waals surface area contributed by atoms with E-state index in [2.05, 4.69) is 5.32 Å². The van der Waals surface area contributed by atoms with Gasteiger partial charge in [0, 0.05) is 19.1 Å². The van der Waals surface area contributed by atoms with Crippen molar-refractivity contribution < 1.29 is 19.8 Å². The van der Waals surface area contributed by atoms with Crippen molar-refractivity contribution in [1.29, 1.82) is 0 Å². The quantitative estimate of drug-likeness (QED) is 0.686. The molecule has 1 aliphatic rings. The maximum Gasteiger partial charge on any atom is 0.317 e. The lowest BCUT2D eigenvalue weighted by Gasteiger charge is -2.29. The molecule has 116 valence electrons. The Morgan fingerprint density at radius 2 is 1.85 bits per heavy atom. The molecule has 3 N–H and O–H groups in total. The van der Waals surface area contributed by atoms with E-state index >= 15 is 0 Å². The van der Waals surface area contributed by atoms with E-state index in [0.29, 0.717) is 31.8 Å². The summed E-state index contributed by atoms with van der Waals surface area (Å²) in [4.78, 5) is 24.5. The predicted molar refractivity (Wildman–Crippen MR) is 75.4 cm³/mol. The summed E-state index contributed by atoms with van der Waals surface area (Å²) in [7, 11) is 0. The fourth-order valence-electron chi connectivity index (χ4n) is 2.65. The van der Waals surface area contributed by atoms with E-state index in [1.165, 1.54) is 0 Å². The van der Waals surface area contributed by atoms with Crippen LogP contribution in [-0.4, -0.2) is 52.9 Å². The first-order valence-electron chi connectivity index (χ1n) is 7.33. The number of aliphatic hydroxyl groups excluding tert-OH is 1. The molecule has 0 aromatic heterocycles. The monoisotopic (exact) mass is 286 g/mol. The van der Waals surface area contributed by atoms with Crippen LogP contribution in [0.1, 0.15) is 39.5 Å². The molecule has 0 radical (unpaired) electrons. The minimum Gasteiger partial charge on any atom is -0.481 e. The number of nitrogens with zero attached hydrogens (tertiary/aromatic N) is 1. The molecule has 1 saturated carbocycles. The molecule has 0 atom stereocenters. The van der Waals surface area contributed by atoms with E-state index in [-0.39, 0.29) is 24.6 Å². The number of nitrogens with one attached hydrogen (secondary N) is 1. The summed E-state index contributed by atoms with van der Waals surface area (Å²) in [6, 6.07) is -0.112. The third-order valence-corrected chi connectivity index (χ3v) is 3.96. The van der Waals surface area contributed by atoms with Gasteiger partial charge in [0.15, 0.2) is 0 Å². The summed E-state index contributed by atoms with van der Waals surface area (Å²) in [6.45, 7) is 4.69. The van der Waals surface area contributed by atoms with Crippen LogP contribution in [0, 0.1) is 11.8 Å². The largest absolute Gasteiger partial charge is 0.481 e. The standard InChI is InChI=1S/C14H26N2O4/c1-10(2)16(7-8-17)14(20)15-9-11-3-5-12(6-4-11)13(18)19/h10-12,17H,3-9H2,1-2H3,(H,15,20)(H,18,19). The molecule has 6 nitrogen and oxygen atoms in total. The first-order chi connectivity index (χ1) is 9.45. The van der Waals surface area contributed by atoms with Crippen molar-refractivity contribution in [3.8, 4) is 0 Å². The van der Waals surface area contributed by atoms with Crippen LogP contribution in [0.5, 0.6) is 0 Å². The zero-order chi connectivity index (χ0) is 15.1. The molecule has 6 heteroatoms. The van der Waals surface area contributed by atoms with Gasteiger partial charge in [-0.1, -0.05) is 0 Å². The highest BCUT2D eigenvalue weighted by Crippen LogP contribution is 2.28. The lowest BCUT2D eigenvalue weighted by molar-refractivity contribution is -0.143. The van der Waals surface area contributed by atoms with Crippen LogP contribution in [0.4, 0.5) is 4.79 Å². The molecular formula is C14H26N2O4. The fourth-order valence-corrected chi connectivity index (χ4v) is 2.65. The van der Waals surface area contributed by atoms with Gasteiger partial charge in [0.05, 0.1) is 12.5 Å². The molecule has 1 rings (SSSR count). The summed E-state index contributed by atoms with van der Waals surface area (Å²) >= 11 is 0. The van der Waals surface area contributed by atoms with E-state index in [1.54, 1.807) is 4.90 Å². The van der Waals surface area contributed by atoms with Crippen molar-refractivity contribution in [2.24, 2.45) is 11.8 Å². The van der Waals surface area contributed by atoms with Crippen LogP contribution in [0.25, 0.3) is 0 Å². The van der Waals surface area contributed by atoms with Gasteiger partial charge in [0.2, 0.25) is 0 Å². The van der Waals surface area contributed by atoms with Crippen molar-refractivity contribution >= 4 is 12.0 Å². The minimum absolute atomic E-state index is 0.0462. The Morgan fingerprint density at radius 1 is 1.25 bits per heavy atom. The summed E-state index contributed by atoms with van der Waals surface area (Å²) in [5.74, 6) is -0.567. The Kier molecular flexibility index (Phi) is 6.78. The number of amides is 2. The van der Waals surface area contributed by atoms with Crippen molar-refractivity contribution in [3.63, 3.8) is 0 Å². The maximum absolute atomic E-state index is 12.0. The number of aliphatic carboxylic acids is 1. The average molecular weight is 286 g/mol. The number of carbonyl (C=O) groups is 2. The zero-order valence-corrected chi connectivity index (χ0v) is 12.3. The van der Waals surface area contributed by atoms with E-state index in [9.17, 15) is 9.59 Å². The van der Waals surface area contributed by atoms with E-state index in [0.717, 1.165) is 12.8 Å². The Bertz CT molecular complexity index is 325. The highest BCUT2D eigenvalue weighted by atomic mass is 16.4. The molecular weight excluding hydrogens is 260 g/mol. The van der Waals surface area contributed by atoms with Gasteiger partial charge in [-0.05, 0) is 45.4 Å². The first kappa shape index (κ1) is 16.8. The predicted octanol–water partition coefficient (Wildman–Crippen LogP) is 1.29. The molecule has 2 amide bonds. The van der Waals surface area contributed by atoms with Gasteiger partial charge in [0.1, 0.15) is 0 Å². The second kappa shape index (κ2) is 8.09. The van der Waals surface area contributed by atoms with E-state index in [4.69, 9.17) is 10.2 Å². The van der Waals surface area contributed by atoms with E-state index in [1.807, 2.05) is 13.8 Å². The average Bonchev–Trinajstić information content (AvgIpc) is 2.42. The summed E-state index contributed by atoms with van der Waals surface area (Å²) < 4.78 is 0. The molecule has 0 unspecified atom stereocenters. The molecule has 0 bridgehead atoms. The number of urea groups is 1. The van der Waals surface area contributed by atoms with Crippen LogP contribution in [0.3, 0.4) is 0 Å². The number of rotatable bonds is 6. The molecule has 20 heavy (non-hydrogen) atoms. The number of carboxylic acid groups (broad SMARTS) is 1. The van der Waals surface area contributed by atoms with E-state index < -0.39 is 5.97 Å². The highest BCUT2D eigenvalue weighted by Gasteiger charge is 2.26. The van der Waals surface area contributed by atoms with Gasteiger partial charge in [-0.3, -0.25) is 4.79 Å². The van der Waals surface area contributed by atoms with Gasteiger partial charge >= 0.3 is 12.0 Å². The van der Waals surface area contributed by atoms with Gasteiger partial charge in [-0.2, -0.15) is 0 Å². The number of aliphatic hydroxyl groups is 1. The van der Waals surface area contributed by atoms with Gasteiger partial charge in [-0.15, -0.1) is 0 Å². The number of carboxylic acids is 1. The van der Waals surface area contributed by atoms with Crippen LogP contribution >= 0.6 is 0 Å². The lowest BCUT2D eigenvalue weighted by Crippen LogP contribution is -2.46. The molecule has 1 fully saturated rings. The molecule has 1 aliphatic carbocycles. The molecule has 0 aromatic rings. The Labute approximate surface area is 120 Å². The third kappa shape index (κ3) is 5.00. The second-order valence-corrected chi connectivity index (χ2v) is 5.75. The van der Waals surface area contributed by atoms with Crippen LogP contribution in [-0.2, 0) is 4.79 Å². The van der Waals surface area contributed by atoms with Crippen LogP contribution in [0.2, 0.25) is 0 Å². The summed E-state index contributed by atoms with van der Waals surface area (Å²) in [5.41, 5.74) is 0. The van der Waals surface area contributed by atoms with Crippen LogP contribution in [0.15, 0.2) is 0 Å². The smallest absolute Gasteiger partial charge is 0.317 e. The lowest BCUT2D eigenvalue weighted by atomic mass is 9.82. The summed E-state index contributed by atoms with van der Waals surface area (Å²) in [5, 5.41) is 20.8. The Balaban J connectivity index is 2.33. The normalized spacial score (nSPS) is 22.6. The molecule has 0 aromatic carbocycles. The maximum atomic E-state index is 12.0. The van der Waals surface area contributed by atoms with Gasteiger partial charge < -0.3 is 20.4 Å². The fraction of sp³-hybridized carbons (Fsp3) is 0.857. The molecule has 0 saturated heterocycles. The van der Waals surface area contributed by atoms with Crippen molar-refractivity contribution in [3.05, 3.63) is 0 Å². The Hall–Kier alpha value is -1.30. The van der Waals surface area contributed by atoms with Gasteiger partial charge in [-0.25, -0.2) is 4.79 Å². The highest BCUT2D eigenvalue weighted by molar-refractivity contribution is 5.74. The number of hydrogen-bond donors (Lipinski definition) is 3. The Morgan fingerprint density at radius 3 is 2.30 bits per heavy atom. The number of carbonyl (C=O) groups excluding carboxylic acids is 1. The molecule has 0 aliphatic heterocycles. The zero-order valence-electron chi connectivity index (χ0n) is 12.3. The van der Waals surface area contributed by atoms with Crippen molar-refractivity contribution in [2.45, 2.75) is 45.6 Å². The molecule has 0 spiro atoms. The van der Waals surface area contributed by atoms with Crippen molar-refractivity contribution in [2.75, 3.05) is 19.7 Å². The minimum atomic E-state index is -0.707. The first-order valence-corrected chi connectivity index (χ1v) is 7.33. The van der Waals surface area contributed by atoms with Crippen molar-refractivity contribution in [1.82, 2.24) is 10.2 Å².